The third kappa shape index (κ3) is 3.16. The topological polar surface area (TPSA) is 52.0 Å². The van der Waals surface area contributed by atoms with Crippen molar-refractivity contribution in [2.75, 3.05) is 5.73 Å². The molecule has 0 aliphatic rings. The van der Waals surface area contributed by atoms with Gasteiger partial charge >= 0.3 is 0 Å². The molecule has 1 aromatic carbocycles. The number of halogens is 3. The van der Waals surface area contributed by atoms with Crippen molar-refractivity contribution in [1.29, 1.82) is 0 Å². The van der Waals surface area contributed by atoms with Gasteiger partial charge in [0, 0.05) is 0 Å². The lowest BCUT2D eigenvalue weighted by molar-refractivity contribution is 1.68. The van der Waals surface area contributed by atoms with Crippen LogP contribution < -0.4 is 11.0 Å². The molecule has 0 atom stereocenters. The number of nitrogens with two attached hydrogens (primary N) is 2. The van der Waals surface area contributed by atoms with E-state index in [-0.39, 0.29) is 0 Å². The van der Waals surface area contributed by atoms with Gasteiger partial charge in [-0.25, -0.2) is 5.25 Å². The number of benzene rings is 1. The van der Waals surface area contributed by atoms with Gasteiger partial charge in [0.25, 0.3) is 0 Å². The molecule has 0 aromatic heterocycles. The first-order chi connectivity index (χ1) is 5.22. The molecule has 0 saturated heterocycles. The molecule has 0 spiro atoms. The van der Waals surface area contributed by atoms with Crippen LogP contribution >= 0.6 is 35.0 Å². The average molecular weight is 213 g/mol. The second kappa shape index (κ2) is 5.49. The smallest absolute Gasteiger partial charge is 0.0821 e. The van der Waals surface area contributed by atoms with Gasteiger partial charge in [-0.3, -0.25) is 0 Å². The monoisotopic (exact) mass is 212 g/mol. The first kappa shape index (κ1) is 10.8. The fourth-order valence-corrected chi connectivity index (χ4v) is 0.828. The summed E-state index contributed by atoms with van der Waals surface area (Å²) in [4.78, 5) is 0. The average Bonchev–Trinajstić information content (AvgIpc) is 2.04. The van der Waals surface area contributed by atoms with E-state index >= 15 is 0 Å². The minimum absolute atomic E-state index is 0.430. The van der Waals surface area contributed by atoms with Gasteiger partial charge in [-0.1, -0.05) is 29.3 Å². The van der Waals surface area contributed by atoms with Crippen molar-refractivity contribution in [2.45, 2.75) is 0 Å². The van der Waals surface area contributed by atoms with Gasteiger partial charge in [0.2, 0.25) is 0 Å². The van der Waals surface area contributed by atoms with E-state index in [1.54, 1.807) is 18.2 Å². The molecule has 62 valence electrons. The van der Waals surface area contributed by atoms with Crippen molar-refractivity contribution in [3.8, 4) is 0 Å². The third-order valence-electron chi connectivity index (χ3n) is 0.981. The van der Waals surface area contributed by atoms with E-state index in [2.05, 4.69) is 17.0 Å². The maximum absolute atomic E-state index is 5.62. The molecule has 0 aliphatic heterocycles. The maximum Gasteiger partial charge on any atom is 0.0821 e. The standard InChI is InChI=1S/C6H5Cl2N.ClH2N/c7-4-2-1-3-5(9)6(4)8;1-2/h1-3H,9H2;2H2. The molecule has 4 N–H and O–H groups in total. The van der Waals surface area contributed by atoms with E-state index in [1.807, 2.05) is 0 Å². The number of hydrogen-bond donors (Lipinski definition) is 2. The largest absolute Gasteiger partial charge is 0.397 e. The van der Waals surface area contributed by atoms with Crippen molar-refractivity contribution in [3.05, 3.63) is 28.2 Å². The molecule has 0 bridgehead atoms. The Morgan fingerprint density at radius 1 is 1.09 bits per heavy atom. The second-order valence-electron chi connectivity index (χ2n) is 1.64. The van der Waals surface area contributed by atoms with Crippen molar-refractivity contribution < 1.29 is 0 Å². The number of hydrogen-bond acceptors (Lipinski definition) is 2. The van der Waals surface area contributed by atoms with Gasteiger partial charge in [0.1, 0.15) is 0 Å². The molecule has 1 rings (SSSR count). The molecule has 0 radical (unpaired) electrons. The Morgan fingerprint density at radius 3 is 2.00 bits per heavy atom. The van der Waals surface area contributed by atoms with Crippen molar-refractivity contribution in [1.82, 2.24) is 0 Å². The molecule has 0 amide bonds. The quantitative estimate of drug-likeness (QED) is 0.514. The van der Waals surface area contributed by atoms with E-state index < -0.39 is 0 Å². The Balaban J connectivity index is 0.000000461. The minimum atomic E-state index is 0.430. The Labute approximate surface area is 80.1 Å². The fourth-order valence-electron chi connectivity index (χ4n) is 0.520. The predicted octanol–water partition coefficient (Wildman–Crippen LogP) is 2.67. The molecule has 1 aromatic rings. The molecule has 0 unspecified atom stereocenters. The third-order valence-corrected chi connectivity index (χ3v) is 1.81. The van der Waals surface area contributed by atoms with Crippen LogP contribution in [-0.2, 0) is 0 Å². The lowest BCUT2D eigenvalue weighted by atomic mass is 10.3. The van der Waals surface area contributed by atoms with Crippen molar-refractivity contribution in [3.63, 3.8) is 0 Å². The molecule has 0 heterocycles. The summed E-state index contributed by atoms with van der Waals surface area (Å²) in [6, 6.07) is 5.15. The number of rotatable bonds is 0. The van der Waals surface area contributed by atoms with E-state index in [0.29, 0.717) is 15.7 Å². The van der Waals surface area contributed by atoms with Gasteiger partial charge in [0.05, 0.1) is 15.7 Å². The lowest BCUT2D eigenvalue weighted by Crippen LogP contribution is -1.84. The van der Waals surface area contributed by atoms with Crippen LogP contribution in [0.1, 0.15) is 0 Å². The molecular formula is C6H7Cl3N2. The molecule has 5 heteroatoms. The molecule has 0 aliphatic carbocycles. The normalized spacial score (nSPS) is 8.36. The summed E-state index contributed by atoms with van der Waals surface area (Å²) in [7, 11) is 0. The molecule has 2 nitrogen and oxygen atoms in total. The van der Waals surface area contributed by atoms with Gasteiger partial charge in [-0.2, -0.15) is 0 Å². The summed E-state index contributed by atoms with van der Waals surface area (Å²) in [6.45, 7) is 0. The van der Waals surface area contributed by atoms with Gasteiger partial charge in [-0.05, 0) is 23.9 Å². The molecule has 0 fully saturated rings. The first-order valence-electron chi connectivity index (χ1n) is 2.63. The summed E-state index contributed by atoms with van der Waals surface area (Å²) in [5, 5.41) is 4.90. The number of anilines is 1. The Bertz CT molecular complexity index is 207. The second-order valence-corrected chi connectivity index (χ2v) is 2.43. The van der Waals surface area contributed by atoms with Crippen LogP contribution in [0.2, 0.25) is 10.0 Å². The fraction of sp³-hybridized carbons (Fsp3) is 0. The molecule has 11 heavy (non-hydrogen) atoms. The first-order valence-corrected chi connectivity index (χ1v) is 3.82. The summed E-state index contributed by atoms with van der Waals surface area (Å²) < 4.78 is 0. The zero-order valence-electron chi connectivity index (χ0n) is 5.52. The highest BCUT2D eigenvalue weighted by Gasteiger charge is 1.97. The van der Waals surface area contributed by atoms with Crippen LogP contribution in [0.3, 0.4) is 0 Å². The van der Waals surface area contributed by atoms with E-state index in [9.17, 15) is 0 Å². The van der Waals surface area contributed by atoms with Crippen LogP contribution in [0.15, 0.2) is 18.2 Å². The van der Waals surface area contributed by atoms with Crippen LogP contribution in [0, 0.1) is 0 Å². The van der Waals surface area contributed by atoms with Crippen molar-refractivity contribution >= 4 is 40.7 Å². The Kier molecular flexibility index (Phi) is 5.42. The van der Waals surface area contributed by atoms with Crippen LogP contribution in [0.25, 0.3) is 0 Å². The van der Waals surface area contributed by atoms with Crippen LogP contribution in [0.5, 0.6) is 0 Å². The predicted molar refractivity (Wildman–Crippen MR) is 50.9 cm³/mol. The zero-order chi connectivity index (χ0) is 8.85. The van der Waals surface area contributed by atoms with E-state index in [4.69, 9.17) is 28.9 Å². The SMILES string of the molecule is NCl.Nc1cccc(Cl)c1Cl. The Morgan fingerprint density at radius 2 is 1.64 bits per heavy atom. The maximum atomic E-state index is 5.62. The van der Waals surface area contributed by atoms with Gasteiger partial charge in [0.15, 0.2) is 0 Å². The number of nitrogen functional groups attached to an aromatic ring is 1. The Hall–Kier alpha value is -0.150. The van der Waals surface area contributed by atoms with Gasteiger partial charge < -0.3 is 5.73 Å². The molecule has 0 saturated carbocycles. The minimum Gasteiger partial charge on any atom is -0.397 e. The highest BCUT2D eigenvalue weighted by Crippen LogP contribution is 2.26. The molecular weight excluding hydrogens is 206 g/mol. The van der Waals surface area contributed by atoms with Crippen LogP contribution in [-0.4, -0.2) is 0 Å². The lowest BCUT2D eigenvalue weighted by Gasteiger charge is -1.96. The summed E-state index contributed by atoms with van der Waals surface area (Å²) >= 11 is 15.4. The zero-order valence-corrected chi connectivity index (χ0v) is 7.79. The van der Waals surface area contributed by atoms with E-state index in [1.165, 1.54) is 0 Å². The highest BCUT2D eigenvalue weighted by atomic mass is 35.5. The highest BCUT2D eigenvalue weighted by molar-refractivity contribution is 6.43. The summed E-state index contributed by atoms with van der Waals surface area (Å²) in [5.74, 6) is 0. The summed E-state index contributed by atoms with van der Waals surface area (Å²) in [5.41, 5.74) is 5.92. The van der Waals surface area contributed by atoms with Crippen molar-refractivity contribution in [2.24, 2.45) is 5.25 Å². The van der Waals surface area contributed by atoms with Gasteiger partial charge in [-0.15, -0.1) is 0 Å². The van der Waals surface area contributed by atoms with E-state index in [0.717, 1.165) is 0 Å². The summed E-state index contributed by atoms with van der Waals surface area (Å²) in [6.07, 6.45) is 0. The van der Waals surface area contributed by atoms with Crippen LogP contribution in [0.4, 0.5) is 5.69 Å².